The molecule has 24 aromatic rings. The van der Waals surface area contributed by atoms with E-state index < -0.39 is 0 Å². The fourth-order valence-corrected chi connectivity index (χ4v) is 16.6. The number of nitrogens with zero attached hydrogens (tertiary/aromatic N) is 9. The molecule has 125 heavy (non-hydrogen) atoms. The van der Waals surface area contributed by atoms with Crippen LogP contribution in [-0.4, -0.2) is 44.9 Å². The minimum absolute atomic E-state index is 0.632. The van der Waals surface area contributed by atoms with Crippen molar-refractivity contribution >= 4 is 87.4 Å². The molecule has 0 aliphatic rings. The van der Waals surface area contributed by atoms with Crippen molar-refractivity contribution in [2.24, 2.45) is 0 Å². The summed E-state index contributed by atoms with van der Waals surface area (Å²) in [6.07, 6.45) is 0. The molecule has 6 aromatic heterocycles. The van der Waals surface area contributed by atoms with Crippen molar-refractivity contribution in [2.75, 3.05) is 0 Å². The highest BCUT2D eigenvalue weighted by molar-refractivity contribution is 6.17. The quantitative estimate of drug-likeness (QED) is 0.108. The van der Waals surface area contributed by atoms with E-state index in [1.54, 1.807) is 0 Å². The maximum atomic E-state index is 6.51. The summed E-state index contributed by atoms with van der Waals surface area (Å²) < 4.78 is 18.6. The summed E-state index contributed by atoms with van der Waals surface area (Å²) in [5, 5.41) is 11.3. The molecule has 0 fully saturated rings. The van der Waals surface area contributed by atoms with Crippen LogP contribution >= 0.6 is 0 Å². The lowest BCUT2D eigenvalue weighted by Crippen LogP contribution is -2.00. The highest BCUT2D eigenvalue weighted by Gasteiger charge is 2.22. The van der Waals surface area contributed by atoms with Crippen molar-refractivity contribution in [3.63, 3.8) is 0 Å². The van der Waals surface area contributed by atoms with Gasteiger partial charge in [0, 0.05) is 88.0 Å². The predicted octanol–water partition coefficient (Wildman–Crippen LogP) is 29.3. The standard InChI is InChI=1S/C39H25N3O.2C37H23N3O/c1-4-12-26(13-5-1)31-24-25-32(36-35(31)33-18-10-11-19-34(33)43-36)27-20-22-30(23-21-27)39-41-37(28-14-6-2-7-15-28)40-38(42-39)29-16-8-3-9-17-29;1-3-11-24(12-4-1)35-38-36(25-13-5-2-6-14-25)40-37(39-35)31-21-20-27(28-15-7-8-16-29(28)31)26-19-22-34-32(23-26)30-17-9-10-18-33(30)41-34;1-2-9-26(10-3-1)35-38-36(40-37(39-35)30-19-16-24-8-4-5-11-28(24)22-30)27-17-14-25(15-18-27)29-20-21-34-32(23-29)31-12-6-7-13-33(31)41-34/h1-25H;2*1-23H. The Morgan fingerprint density at radius 2 is 0.424 bits per heavy atom. The number of fused-ring (bicyclic) bond motifs is 11. The number of para-hydroxylation sites is 3. The van der Waals surface area contributed by atoms with Gasteiger partial charge in [-0.15, -0.1) is 0 Å². The van der Waals surface area contributed by atoms with Gasteiger partial charge in [-0.1, -0.05) is 370 Å². The molecule has 12 nitrogen and oxygen atoms in total. The van der Waals surface area contributed by atoms with Gasteiger partial charge in [0.25, 0.3) is 0 Å². The number of aromatic nitrogens is 9. The van der Waals surface area contributed by atoms with Crippen LogP contribution in [0.2, 0.25) is 0 Å². The third-order valence-electron chi connectivity index (χ3n) is 22.8. The predicted molar refractivity (Wildman–Crippen MR) is 507 cm³/mol. The van der Waals surface area contributed by atoms with E-state index in [0.29, 0.717) is 52.4 Å². The molecule has 0 bridgehead atoms. The molecule has 18 aromatic carbocycles. The first-order chi connectivity index (χ1) is 61.9. The van der Waals surface area contributed by atoms with E-state index in [-0.39, 0.29) is 0 Å². The summed E-state index contributed by atoms with van der Waals surface area (Å²) in [6.45, 7) is 0. The third kappa shape index (κ3) is 14.7. The largest absolute Gasteiger partial charge is 0.456 e. The summed E-state index contributed by atoms with van der Waals surface area (Å²) >= 11 is 0. The van der Waals surface area contributed by atoms with Crippen LogP contribution in [0.25, 0.3) is 234 Å². The van der Waals surface area contributed by atoms with Crippen LogP contribution in [0.15, 0.2) is 444 Å². The van der Waals surface area contributed by atoms with Gasteiger partial charge < -0.3 is 13.3 Å². The maximum absolute atomic E-state index is 6.51. The number of hydrogen-bond donors (Lipinski definition) is 0. The molecule has 0 unspecified atom stereocenters. The van der Waals surface area contributed by atoms with Crippen LogP contribution in [0.4, 0.5) is 0 Å². The maximum Gasteiger partial charge on any atom is 0.164 e. The molecular weight excluding hydrogens is 1530 g/mol. The zero-order valence-corrected chi connectivity index (χ0v) is 67.2. The normalized spacial score (nSPS) is 11.4. The first-order valence-corrected chi connectivity index (χ1v) is 41.5. The average molecular weight is 1600 g/mol. The number of hydrogen-bond acceptors (Lipinski definition) is 12. The van der Waals surface area contributed by atoms with E-state index in [9.17, 15) is 0 Å². The Balaban J connectivity index is 0.000000111. The Morgan fingerprint density at radius 3 is 0.896 bits per heavy atom. The van der Waals surface area contributed by atoms with Gasteiger partial charge in [-0.2, -0.15) is 0 Å². The second-order valence-electron chi connectivity index (χ2n) is 30.6. The van der Waals surface area contributed by atoms with Gasteiger partial charge in [-0.25, -0.2) is 44.9 Å². The molecule has 24 rings (SSSR count). The van der Waals surface area contributed by atoms with Crippen LogP contribution in [0.1, 0.15) is 0 Å². The molecule has 0 saturated carbocycles. The Labute approximate surface area is 718 Å². The van der Waals surface area contributed by atoms with E-state index in [0.717, 1.165) is 171 Å². The van der Waals surface area contributed by atoms with Gasteiger partial charge in [0.05, 0.1) is 0 Å². The third-order valence-corrected chi connectivity index (χ3v) is 22.8. The molecule has 586 valence electrons. The van der Waals surface area contributed by atoms with E-state index in [1.165, 1.54) is 10.9 Å². The molecule has 0 radical (unpaired) electrons. The van der Waals surface area contributed by atoms with Crippen molar-refractivity contribution in [1.82, 2.24) is 44.9 Å². The van der Waals surface area contributed by atoms with E-state index in [4.69, 9.17) is 58.1 Å². The Kier molecular flexibility index (Phi) is 19.3. The SMILES string of the molecule is c1ccc(-c2nc(-c3ccc(-c4ccc5oc6ccccc6c5c4)cc3)nc(-c3ccc4ccccc4c3)n2)cc1.c1ccc(-c2nc(-c3ccccc3)nc(-c3ccc(-c4ccc(-c5ccccc5)c5c4oc4ccccc45)cc3)n2)cc1.c1ccc(-c2nc(-c3ccccc3)nc(-c3ccc(-c4ccc5oc6ccccc6c5c4)c4ccccc34)n2)cc1. The fraction of sp³-hybridized carbons (Fsp3) is 0. The van der Waals surface area contributed by atoms with E-state index in [1.807, 2.05) is 206 Å². The topological polar surface area (TPSA) is 155 Å². The molecule has 0 aliphatic heterocycles. The molecule has 0 amide bonds. The molecule has 0 N–H and O–H groups in total. The van der Waals surface area contributed by atoms with Gasteiger partial charge in [-0.05, 0) is 121 Å². The zero-order chi connectivity index (χ0) is 82.9. The van der Waals surface area contributed by atoms with Crippen LogP contribution < -0.4 is 0 Å². The summed E-state index contributed by atoms with van der Waals surface area (Å²) in [5.41, 5.74) is 22.9. The second kappa shape index (κ2) is 32.6. The Bertz CT molecular complexity index is 8020. The fourth-order valence-electron chi connectivity index (χ4n) is 16.6. The summed E-state index contributed by atoms with van der Waals surface area (Å²) in [6, 6.07) is 147. The molecule has 12 heteroatoms. The van der Waals surface area contributed by atoms with Crippen LogP contribution in [0.5, 0.6) is 0 Å². The van der Waals surface area contributed by atoms with Crippen molar-refractivity contribution in [1.29, 1.82) is 0 Å². The molecule has 0 saturated heterocycles. The lowest BCUT2D eigenvalue weighted by atomic mass is 9.94. The summed E-state index contributed by atoms with van der Waals surface area (Å²) in [4.78, 5) is 44.1. The number of benzene rings is 18. The highest BCUT2D eigenvalue weighted by atomic mass is 16.3. The van der Waals surface area contributed by atoms with Crippen LogP contribution in [0, 0.1) is 0 Å². The molecule has 6 heterocycles. The van der Waals surface area contributed by atoms with Gasteiger partial charge >= 0.3 is 0 Å². The Hall–Kier alpha value is -17.1. The molecular formula is C113H71N9O3. The molecule has 0 spiro atoms. The second-order valence-corrected chi connectivity index (χ2v) is 30.6. The monoisotopic (exact) mass is 1600 g/mol. The van der Waals surface area contributed by atoms with Crippen LogP contribution in [-0.2, 0) is 0 Å². The minimum atomic E-state index is 0.632. The van der Waals surface area contributed by atoms with Gasteiger partial charge in [-0.3, -0.25) is 0 Å². The van der Waals surface area contributed by atoms with Crippen molar-refractivity contribution in [3.05, 3.63) is 431 Å². The lowest BCUT2D eigenvalue weighted by molar-refractivity contribution is 0.668. The van der Waals surface area contributed by atoms with Gasteiger partial charge in [0.2, 0.25) is 0 Å². The van der Waals surface area contributed by atoms with Crippen LogP contribution in [0.3, 0.4) is 0 Å². The minimum Gasteiger partial charge on any atom is -0.456 e. The highest BCUT2D eigenvalue weighted by Crippen LogP contribution is 2.44. The van der Waals surface area contributed by atoms with Crippen molar-refractivity contribution < 1.29 is 13.3 Å². The van der Waals surface area contributed by atoms with E-state index >= 15 is 0 Å². The van der Waals surface area contributed by atoms with Gasteiger partial charge in [0.1, 0.15) is 33.5 Å². The number of furan rings is 3. The van der Waals surface area contributed by atoms with E-state index in [2.05, 4.69) is 224 Å². The van der Waals surface area contributed by atoms with Crippen molar-refractivity contribution in [2.45, 2.75) is 0 Å². The number of rotatable bonds is 13. The smallest absolute Gasteiger partial charge is 0.164 e. The van der Waals surface area contributed by atoms with Crippen molar-refractivity contribution in [3.8, 4) is 147 Å². The zero-order valence-electron chi connectivity index (χ0n) is 67.2. The summed E-state index contributed by atoms with van der Waals surface area (Å²) in [7, 11) is 0. The Morgan fingerprint density at radius 1 is 0.136 bits per heavy atom. The first kappa shape index (κ1) is 74.2. The lowest BCUT2D eigenvalue weighted by Gasteiger charge is -2.13. The summed E-state index contributed by atoms with van der Waals surface area (Å²) in [5.74, 6) is 5.83. The molecule has 0 aliphatic carbocycles. The van der Waals surface area contributed by atoms with Gasteiger partial charge in [0.15, 0.2) is 52.4 Å². The average Bonchev–Trinajstić information content (AvgIpc) is 1.60. The first-order valence-electron chi connectivity index (χ1n) is 41.5. The molecule has 0 atom stereocenters.